The molecule has 6 aliphatic heterocycles. The van der Waals surface area contributed by atoms with E-state index in [-0.39, 0.29) is 48.6 Å². The van der Waals surface area contributed by atoms with Gasteiger partial charge in [0.1, 0.15) is 11.5 Å². The highest BCUT2D eigenvalue weighted by Crippen LogP contribution is 2.40. The van der Waals surface area contributed by atoms with Crippen LogP contribution in [0.1, 0.15) is 65.5 Å². The summed E-state index contributed by atoms with van der Waals surface area (Å²) in [5.74, 6) is 1.37. The van der Waals surface area contributed by atoms with Crippen LogP contribution in [0.2, 0.25) is 0 Å². The molecule has 0 spiro atoms. The molecular formula is C53H54F6N6O7S. The second kappa shape index (κ2) is 22.4. The van der Waals surface area contributed by atoms with Crippen LogP contribution in [0.4, 0.5) is 49.1 Å². The number of nitrogens with zero attached hydrogens (tertiary/aromatic N) is 2. The number of ether oxygens (including phenoxy) is 3. The molecule has 2 fully saturated rings. The minimum Gasteiger partial charge on any atom is -0.493 e. The Hall–Kier alpha value is -6.35. The van der Waals surface area contributed by atoms with E-state index < -0.39 is 35.3 Å². The molecule has 4 aromatic rings. The maximum atomic E-state index is 13.1. The normalized spacial score (nSPS) is 21.6. The molecular weight excluding hydrogens is 979 g/mol. The molecule has 0 aliphatic carbocycles. The zero-order valence-electron chi connectivity index (χ0n) is 39.7. The quantitative estimate of drug-likeness (QED) is 0.109. The predicted octanol–water partition coefficient (Wildman–Crippen LogP) is 9.30. The van der Waals surface area contributed by atoms with E-state index in [9.17, 15) is 45.5 Å². The molecule has 0 saturated carbocycles. The first-order valence-electron chi connectivity index (χ1n) is 24.3. The van der Waals surface area contributed by atoms with Crippen molar-refractivity contribution in [3.8, 4) is 11.5 Å². The Labute approximate surface area is 422 Å². The molecule has 4 aromatic carbocycles. The molecule has 20 heteroatoms. The molecule has 2 saturated heterocycles. The van der Waals surface area contributed by atoms with Crippen molar-refractivity contribution in [2.45, 2.75) is 69.4 Å². The molecule has 73 heavy (non-hydrogen) atoms. The lowest BCUT2D eigenvalue weighted by atomic mass is 9.97. The summed E-state index contributed by atoms with van der Waals surface area (Å²) in [5, 5.41) is 11.6. The van der Waals surface area contributed by atoms with Gasteiger partial charge in [0, 0.05) is 90.3 Å². The Bertz CT molecular complexity index is 2810. The van der Waals surface area contributed by atoms with Gasteiger partial charge in [-0.25, -0.2) is 0 Å². The van der Waals surface area contributed by atoms with Crippen molar-refractivity contribution in [1.82, 2.24) is 9.80 Å². The lowest BCUT2D eigenvalue weighted by molar-refractivity contribution is -0.138. The van der Waals surface area contributed by atoms with E-state index >= 15 is 0 Å². The van der Waals surface area contributed by atoms with E-state index in [2.05, 4.69) is 31.1 Å². The third-order valence-corrected chi connectivity index (χ3v) is 14.4. The van der Waals surface area contributed by atoms with Crippen LogP contribution >= 0.6 is 11.8 Å². The highest BCUT2D eigenvalue weighted by molar-refractivity contribution is 7.99. The first kappa shape index (κ1) is 51.5. The number of carbonyl (C=O) groups excluding carboxylic acids is 4. The summed E-state index contributed by atoms with van der Waals surface area (Å²) in [7, 11) is 0. The smallest absolute Gasteiger partial charge is 0.416 e. The maximum absolute atomic E-state index is 13.1. The van der Waals surface area contributed by atoms with Gasteiger partial charge in [-0.2, -0.15) is 38.1 Å². The Morgan fingerprint density at radius 1 is 0.589 bits per heavy atom. The summed E-state index contributed by atoms with van der Waals surface area (Å²) < 4.78 is 95.2. The van der Waals surface area contributed by atoms with Gasteiger partial charge < -0.3 is 35.5 Å². The summed E-state index contributed by atoms with van der Waals surface area (Å²) in [6.07, 6.45) is -1.90. The molecule has 0 bridgehead atoms. The average molecular weight is 1030 g/mol. The van der Waals surface area contributed by atoms with Gasteiger partial charge in [-0.1, -0.05) is 24.3 Å². The first-order chi connectivity index (χ1) is 35.1. The van der Waals surface area contributed by atoms with Crippen LogP contribution in [-0.2, 0) is 49.1 Å². The summed E-state index contributed by atoms with van der Waals surface area (Å²) >= 11 is 1.90. The number of hydrogen-bond donors (Lipinski definition) is 4. The van der Waals surface area contributed by atoms with E-state index in [1.807, 2.05) is 23.9 Å². The minimum absolute atomic E-state index is 0.0340. The highest BCUT2D eigenvalue weighted by atomic mass is 32.2. The van der Waals surface area contributed by atoms with Crippen molar-refractivity contribution >= 4 is 69.3 Å². The minimum atomic E-state index is -4.48. The van der Waals surface area contributed by atoms with Gasteiger partial charge in [0.05, 0.1) is 43.0 Å². The van der Waals surface area contributed by atoms with Crippen LogP contribution in [0.15, 0.2) is 84.9 Å². The highest BCUT2D eigenvalue weighted by Gasteiger charge is 2.36. The molecule has 6 aliphatic rings. The lowest BCUT2D eigenvalue weighted by Gasteiger charge is -2.36. The van der Waals surface area contributed by atoms with Gasteiger partial charge >= 0.3 is 12.4 Å². The van der Waals surface area contributed by atoms with E-state index in [0.29, 0.717) is 103 Å². The molecule has 0 radical (unpaired) electrons. The number of allylic oxidation sites excluding steroid dienone is 2. The molecule has 2 atom stereocenters. The number of carbonyl (C=O) groups is 4. The monoisotopic (exact) mass is 1030 g/mol. The second-order valence-corrected chi connectivity index (χ2v) is 19.7. The Kier molecular flexibility index (Phi) is 15.8. The SMILES string of the molecule is O=C(/C=C1\CCCOc2cc(C(F)(F)F)ccc21)Nc1ccc2c(c1)NC(=O)C(N1CCCOCC1)C2.O=C(/C=C1\CCCOc2cc(C(F)(F)F)ccc21)Nc1ccc2c(c1)NC(=O)C(N1CCSCC1)C2. The molecule has 386 valence electrons. The van der Waals surface area contributed by atoms with Crippen LogP contribution in [0, 0.1) is 0 Å². The van der Waals surface area contributed by atoms with Gasteiger partial charge in [-0.05, 0) is 116 Å². The van der Waals surface area contributed by atoms with Crippen LogP contribution in [0.3, 0.4) is 0 Å². The van der Waals surface area contributed by atoms with E-state index in [1.165, 1.54) is 24.3 Å². The van der Waals surface area contributed by atoms with Gasteiger partial charge in [-0.3, -0.25) is 29.0 Å². The standard InChI is InChI=1S/C27H28F3N3O4.C26H26F3N3O3S/c28-27(29,30)19-5-7-21-17(3-1-11-37-24(21)15-19)14-25(34)31-20-6-4-18-13-23(26(35)32-22(18)16-20)33-8-2-10-36-12-9-33;27-26(28,29)18-4-6-20-16(2-1-9-35-23(20)14-18)13-24(33)30-19-5-3-17-12-22(25(34)31-21(17)15-19)32-7-10-36-11-8-32/h4-7,14-16,23H,1-3,8-13H2,(H,31,34)(H,32,35);3-6,13-15,22H,1-2,7-12H2,(H,30,33)(H,31,34)/b17-14+;16-13+. The first-order valence-corrected chi connectivity index (χ1v) is 25.4. The number of amides is 4. The number of hydrogen-bond acceptors (Lipinski definition) is 10. The second-order valence-electron chi connectivity index (χ2n) is 18.5. The molecule has 4 N–H and O–H groups in total. The maximum Gasteiger partial charge on any atom is 0.416 e. The third-order valence-electron chi connectivity index (χ3n) is 13.5. The van der Waals surface area contributed by atoms with Crippen molar-refractivity contribution in [3.63, 3.8) is 0 Å². The number of benzene rings is 4. The topological polar surface area (TPSA) is 151 Å². The Morgan fingerprint density at radius 3 is 1.55 bits per heavy atom. The fourth-order valence-corrected chi connectivity index (χ4v) is 10.7. The van der Waals surface area contributed by atoms with Gasteiger partial charge in [0.25, 0.3) is 0 Å². The fourth-order valence-electron chi connectivity index (χ4n) is 9.79. The van der Waals surface area contributed by atoms with E-state index in [1.54, 1.807) is 24.3 Å². The van der Waals surface area contributed by atoms with Gasteiger partial charge in [-0.15, -0.1) is 0 Å². The summed E-state index contributed by atoms with van der Waals surface area (Å²) in [5.41, 5.74) is 4.98. The van der Waals surface area contributed by atoms with Gasteiger partial charge in [0.15, 0.2) is 0 Å². The number of rotatable bonds is 6. The van der Waals surface area contributed by atoms with Crippen molar-refractivity contribution in [1.29, 1.82) is 0 Å². The fraction of sp³-hybridized carbons (Fsp3) is 0.396. The zero-order valence-corrected chi connectivity index (χ0v) is 40.5. The van der Waals surface area contributed by atoms with Crippen molar-refractivity contribution in [2.24, 2.45) is 0 Å². The molecule has 6 heterocycles. The summed E-state index contributed by atoms with van der Waals surface area (Å²) in [4.78, 5) is 55.6. The van der Waals surface area contributed by atoms with Crippen LogP contribution in [0.25, 0.3) is 11.1 Å². The van der Waals surface area contributed by atoms with Crippen molar-refractivity contribution < 1.29 is 59.7 Å². The number of fused-ring (bicyclic) bond motifs is 4. The Balaban J connectivity index is 0.000000180. The number of anilines is 4. The largest absolute Gasteiger partial charge is 0.493 e. The Morgan fingerprint density at radius 2 is 1.07 bits per heavy atom. The molecule has 2 unspecified atom stereocenters. The summed E-state index contributed by atoms with van der Waals surface area (Å²) in [6.45, 7) is 5.16. The lowest BCUT2D eigenvalue weighted by Crippen LogP contribution is -2.50. The van der Waals surface area contributed by atoms with E-state index in [0.717, 1.165) is 73.0 Å². The van der Waals surface area contributed by atoms with Crippen LogP contribution in [-0.4, -0.2) is 110 Å². The summed E-state index contributed by atoms with van der Waals surface area (Å²) in [6, 6.07) is 17.1. The predicted molar refractivity (Wildman–Crippen MR) is 267 cm³/mol. The molecule has 4 amide bonds. The average Bonchev–Trinajstić information content (AvgIpc) is 3.84. The molecule has 13 nitrogen and oxygen atoms in total. The number of thioether (sulfide) groups is 1. The van der Waals surface area contributed by atoms with Crippen LogP contribution < -0.4 is 30.7 Å². The third kappa shape index (κ3) is 12.7. The van der Waals surface area contributed by atoms with Crippen LogP contribution in [0.5, 0.6) is 11.5 Å². The molecule has 10 rings (SSSR count). The number of halogens is 6. The van der Waals surface area contributed by atoms with Crippen molar-refractivity contribution in [2.75, 3.05) is 85.4 Å². The number of nitrogens with one attached hydrogen (secondary N) is 4. The number of alkyl halides is 6. The van der Waals surface area contributed by atoms with Gasteiger partial charge in [0.2, 0.25) is 23.6 Å². The van der Waals surface area contributed by atoms with E-state index in [4.69, 9.17) is 14.2 Å². The molecule has 0 aromatic heterocycles. The zero-order chi connectivity index (χ0) is 51.3. The van der Waals surface area contributed by atoms with Crippen molar-refractivity contribution in [3.05, 3.63) is 118 Å².